The van der Waals surface area contributed by atoms with Crippen molar-refractivity contribution in [2.45, 2.75) is 6.92 Å². The first-order valence-electron chi connectivity index (χ1n) is 7.27. The Morgan fingerprint density at radius 3 is 2.36 bits per heavy atom. The average Bonchev–Trinajstić information content (AvgIpc) is 2.62. The third kappa shape index (κ3) is 4.20. The standard InChI is InChI=1S/C18H16N4O3/c1-11(20)16(13-5-3-12(9-19)4-6-13)17(23)22-15-8-7-14(10-21-15)18(24)25-2/h3-8,10,20,23H,1-2H3,(H,21,22)/b17-16-,20-11?. The molecule has 1 aromatic heterocycles. The molecule has 0 spiro atoms. The fourth-order valence-electron chi connectivity index (χ4n) is 2.13. The summed E-state index contributed by atoms with van der Waals surface area (Å²) in [5.74, 6) is -0.458. The molecule has 1 heterocycles. The number of anilines is 1. The van der Waals surface area contributed by atoms with E-state index in [4.69, 9.17) is 10.7 Å². The number of aliphatic hydroxyl groups excluding tert-OH is 1. The molecule has 0 saturated heterocycles. The van der Waals surface area contributed by atoms with Gasteiger partial charge in [-0.1, -0.05) is 12.1 Å². The van der Waals surface area contributed by atoms with Crippen LogP contribution in [0, 0.1) is 16.7 Å². The van der Waals surface area contributed by atoms with Gasteiger partial charge in [0.1, 0.15) is 5.82 Å². The van der Waals surface area contributed by atoms with Gasteiger partial charge in [0.2, 0.25) is 0 Å². The van der Waals surface area contributed by atoms with E-state index in [1.54, 1.807) is 31.2 Å². The van der Waals surface area contributed by atoms with Gasteiger partial charge in [-0.2, -0.15) is 5.26 Å². The van der Waals surface area contributed by atoms with Crippen molar-refractivity contribution >= 4 is 23.1 Å². The molecule has 0 aliphatic carbocycles. The molecule has 25 heavy (non-hydrogen) atoms. The Balaban J connectivity index is 2.31. The van der Waals surface area contributed by atoms with E-state index in [2.05, 4.69) is 15.0 Å². The van der Waals surface area contributed by atoms with Crippen molar-refractivity contribution in [2.24, 2.45) is 0 Å². The van der Waals surface area contributed by atoms with Crippen LogP contribution in [-0.4, -0.2) is 28.9 Å². The summed E-state index contributed by atoms with van der Waals surface area (Å²) in [6, 6.07) is 11.5. The lowest BCUT2D eigenvalue weighted by Crippen LogP contribution is -2.09. The number of hydrogen-bond acceptors (Lipinski definition) is 7. The van der Waals surface area contributed by atoms with Gasteiger partial charge in [-0.3, -0.25) is 0 Å². The third-order valence-electron chi connectivity index (χ3n) is 3.35. The topological polar surface area (TPSA) is 119 Å². The molecular formula is C18H16N4O3. The van der Waals surface area contributed by atoms with Gasteiger partial charge in [0, 0.05) is 11.9 Å². The lowest BCUT2D eigenvalue weighted by molar-refractivity contribution is 0.0600. The molecule has 0 fully saturated rings. The minimum Gasteiger partial charge on any atom is -0.494 e. The largest absolute Gasteiger partial charge is 0.494 e. The third-order valence-corrected chi connectivity index (χ3v) is 3.35. The molecule has 0 atom stereocenters. The van der Waals surface area contributed by atoms with Gasteiger partial charge in [-0.25, -0.2) is 9.78 Å². The number of ether oxygens (including phenoxy) is 1. The predicted molar refractivity (Wildman–Crippen MR) is 93.3 cm³/mol. The van der Waals surface area contributed by atoms with Crippen LogP contribution in [0.2, 0.25) is 0 Å². The molecule has 3 N–H and O–H groups in total. The number of pyridine rings is 1. The monoisotopic (exact) mass is 336 g/mol. The van der Waals surface area contributed by atoms with E-state index >= 15 is 0 Å². The number of aromatic nitrogens is 1. The van der Waals surface area contributed by atoms with Crippen LogP contribution in [0.25, 0.3) is 5.57 Å². The van der Waals surface area contributed by atoms with Crippen molar-refractivity contribution < 1.29 is 14.6 Å². The Labute approximate surface area is 144 Å². The number of rotatable bonds is 5. The summed E-state index contributed by atoms with van der Waals surface area (Å²) in [4.78, 5) is 15.4. The molecule has 126 valence electrons. The van der Waals surface area contributed by atoms with Crippen LogP contribution in [-0.2, 0) is 4.74 Å². The maximum absolute atomic E-state index is 11.4. The Morgan fingerprint density at radius 2 is 1.88 bits per heavy atom. The van der Waals surface area contributed by atoms with Crippen molar-refractivity contribution in [3.8, 4) is 6.07 Å². The fraction of sp³-hybridized carbons (Fsp3) is 0.111. The van der Waals surface area contributed by atoms with E-state index < -0.39 is 5.97 Å². The first kappa shape index (κ1) is 17.7. The molecule has 7 nitrogen and oxygen atoms in total. The number of allylic oxidation sites excluding steroid dienone is 1. The number of nitrogens with zero attached hydrogens (tertiary/aromatic N) is 2. The summed E-state index contributed by atoms with van der Waals surface area (Å²) >= 11 is 0. The van der Waals surface area contributed by atoms with Crippen molar-refractivity contribution in [3.05, 3.63) is 65.2 Å². The van der Waals surface area contributed by atoms with E-state index in [1.165, 1.54) is 25.4 Å². The second-order valence-corrected chi connectivity index (χ2v) is 5.09. The van der Waals surface area contributed by atoms with Crippen LogP contribution in [0.3, 0.4) is 0 Å². The number of carbonyl (C=O) groups excluding carboxylic acids is 1. The summed E-state index contributed by atoms with van der Waals surface area (Å²) in [6.45, 7) is 1.54. The molecule has 0 aliphatic rings. The number of carbonyl (C=O) groups is 1. The Bertz CT molecular complexity index is 863. The van der Waals surface area contributed by atoms with E-state index in [0.717, 1.165) is 0 Å². The smallest absolute Gasteiger partial charge is 0.339 e. The Morgan fingerprint density at radius 1 is 1.24 bits per heavy atom. The van der Waals surface area contributed by atoms with Gasteiger partial charge in [0.25, 0.3) is 0 Å². The van der Waals surface area contributed by atoms with Crippen LogP contribution < -0.4 is 5.32 Å². The molecular weight excluding hydrogens is 320 g/mol. The second kappa shape index (κ2) is 7.75. The van der Waals surface area contributed by atoms with Crippen LogP contribution >= 0.6 is 0 Å². The van der Waals surface area contributed by atoms with E-state index in [9.17, 15) is 9.90 Å². The number of nitriles is 1. The molecule has 2 aromatic rings. The Hall–Kier alpha value is -3.66. The van der Waals surface area contributed by atoms with Gasteiger partial charge >= 0.3 is 5.97 Å². The number of esters is 1. The molecule has 7 heteroatoms. The molecule has 0 amide bonds. The first-order chi connectivity index (χ1) is 12.0. The SMILES string of the molecule is COC(=O)c1ccc(N/C(O)=C(\C(C)=N)c2ccc(C#N)cc2)nc1. The highest BCUT2D eigenvalue weighted by molar-refractivity contribution is 6.22. The maximum atomic E-state index is 11.4. The average molecular weight is 336 g/mol. The van der Waals surface area contributed by atoms with E-state index in [-0.39, 0.29) is 22.7 Å². The summed E-state index contributed by atoms with van der Waals surface area (Å²) in [5, 5.41) is 29.8. The molecule has 0 radical (unpaired) electrons. The van der Waals surface area contributed by atoms with Crippen molar-refractivity contribution in [1.82, 2.24) is 4.98 Å². The zero-order valence-electron chi connectivity index (χ0n) is 13.7. The molecule has 0 bridgehead atoms. The molecule has 2 rings (SSSR count). The van der Waals surface area contributed by atoms with E-state index in [1.807, 2.05) is 6.07 Å². The summed E-state index contributed by atoms with van der Waals surface area (Å²) in [6.07, 6.45) is 1.32. The highest BCUT2D eigenvalue weighted by atomic mass is 16.5. The quantitative estimate of drug-likeness (QED) is 0.438. The van der Waals surface area contributed by atoms with Gasteiger partial charge in [-0.15, -0.1) is 0 Å². The normalized spacial score (nSPS) is 11.1. The van der Waals surface area contributed by atoms with Crippen molar-refractivity contribution in [1.29, 1.82) is 10.7 Å². The zero-order chi connectivity index (χ0) is 18.4. The zero-order valence-corrected chi connectivity index (χ0v) is 13.7. The summed E-state index contributed by atoms with van der Waals surface area (Å²) < 4.78 is 4.59. The van der Waals surface area contributed by atoms with Crippen LogP contribution in [0.4, 0.5) is 5.82 Å². The van der Waals surface area contributed by atoms with Crippen LogP contribution in [0.5, 0.6) is 0 Å². The highest BCUT2D eigenvalue weighted by Gasteiger charge is 2.13. The fourth-order valence-corrected chi connectivity index (χ4v) is 2.13. The van der Waals surface area contributed by atoms with Crippen LogP contribution in [0.15, 0.2) is 48.5 Å². The van der Waals surface area contributed by atoms with Crippen molar-refractivity contribution in [3.63, 3.8) is 0 Å². The number of aliphatic hydroxyl groups is 1. The molecule has 0 saturated carbocycles. The van der Waals surface area contributed by atoms with Gasteiger partial charge in [-0.05, 0) is 36.8 Å². The summed E-state index contributed by atoms with van der Waals surface area (Å²) in [7, 11) is 1.28. The minimum atomic E-state index is -0.507. The number of methoxy groups -OCH3 is 1. The molecule has 0 aliphatic heterocycles. The lowest BCUT2D eigenvalue weighted by Gasteiger charge is -2.12. The van der Waals surface area contributed by atoms with Gasteiger partial charge in [0.15, 0.2) is 5.88 Å². The van der Waals surface area contributed by atoms with Crippen molar-refractivity contribution in [2.75, 3.05) is 12.4 Å². The maximum Gasteiger partial charge on any atom is 0.339 e. The van der Waals surface area contributed by atoms with Gasteiger partial charge in [0.05, 0.1) is 29.9 Å². The van der Waals surface area contributed by atoms with Crippen LogP contribution in [0.1, 0.15) is 28.4 Å². The van der Waals surface area contributed by atoms with Gasteiger partial charge < -0.3 is 20.6 Å². The number of hydrogen-bond donors (Lipinski definition) is 3. The second-order valence-electron chi connectivity index (χ2n) is 5.09. The molecule has 0 unspecified atom stereocenters. The molecule has 1 aromatic carbocycles. The lowest BCUT2D eigenvalue weighted by atomic mass is 10.0. The number of benzene rings is 1. The number of nitrogens with one attached hydrogen (secondary N) is 2. The first-order valence-corrected chi connectivity index (χ1v) is 7.27. The highest BCUT2D eigenvalue weighted by Crippen LogP contribution is 2.21. The van der Waals surface area contributed by atoms with E-state index in [0.29, 0.717) is 16.9 Å². The summed E-state index contributed by atoms with van der Waals surface area (Å²) in [5.41, 5.74) is 1.78. The predicted octanol–water partition coefficient (Wildman–Crippen LogP) is 3.12. The Kier molecular flexibility index (Phi) is 5.48. The minimum absolute atomic E-state index is 0.140.